The van der Waals surface area contributed by atoms with Crippen LogP contribution in [0.25, 0.3) is 0 Å². The molecule has 0 atom stereocenters. The predicted molar refractivity (Wildman–Crippen MR) is 113 cm³/mol. The number of carboxylic acids is 1. The summed E-state index contributed by atoms with van der Waals surface area (Å²) < 4.78 is 6.62. The number of carbonyl (C=O) groups is 2. The van der Waals surface area contributed by atoms with Gasteiger partial charge in [0.15, 0.2) is 6.61 Å². The molecule has 0 spiro atoms. The SMILES string of the molecule is O=C(O)COc1c(Br)cc(I)cc1/C=N/NC(=O)Cc1ccccc1[N+](=O)[O-]. The van der Waals surface area contributed by atoms with Crippen LogP contribution in [0.5, 0.6) is 5.75 Å². The van der Waals surface area contributed by atoms with E-state index in [1.54, 1.807) is 18.2 Å². The average Bonchev–Trinajstić information content (AvgIpc) is 2.60. The molecule has 9 nitrogen and oxygen atoms in total. The number of nitrogens with one attached hydrogen (secondary N) is 1. The summed E-state index contributed by atoms with van der Waals surface area (Å²) in [6.45, 7) is -0.538. The van der Waals surface area contributed by atoms with E-state index in [9.17, 15) is 19.7 Å². The molecule has 2 N–H and O–H groups in total. The Morgan fingerprint density at radius 2 is 2.07 bits per heavy atom. The maximum absolute atomic E-state index is 12.0. The standard InChI is InChI=1S/C17H13BrIN3O6/c18-13-7-12(19)5-11(17(13)28-9-16(24)25)8-20-21-15(23)6-10-3-1-2-4-14(10)22(26)27/h1-5,7-8H,6,9H2,(H,21,23)(H,24,25)/b20-8+. The van der Waals surface area contributed by atoms with Gasteiger partial charge < -0.3 is 9.84 Å². The fourth-order valence-electron chi connectivity index (χ4n) is 2.19. The van der Waals surface area contributed by atoms with Crippen molar-refractivity contribution in [2.24, 2.45) is 5.10 Å². The van der Waals surface area contributed by atoms with Gasteiger partial charge in [0.1, 0.15) is 5.75 Å². The molecule has 146 valence electrons. The summed E-state index contributed by atoms with van der Waals surface area (Å²) in [5.74, 6) is -1.41. The zero-order valence-electron chi connectivity index (χ0n) is 14.1. The lowest BCUT2D eigenvalue weighted by Gasteiger charge is -2.10. The lowest BCUT2D eigenvalue weighted by Crippen LogP contribution is -2.20. The third kappa shape index (κ3) is 6.27. The second-order valence-corrected chi connectivity index (χ2v) is 7.44. The van der Waals surface area contributed by atoms with Crippen LogP contribution in [0.15, 0.2) is 46.0 Å². The molecule has 11 heteroatoms. The maximum Gasteiger partial charge on any atom is 0.341 e. The molecule has 0 fully saturated rings. The molecule has 1 amide bonds. The summed E-state index contributed by atoms with van der Waals surface area (Å²) in [6.07, 6.45) is 1.09. The number of halogens is 2. The number of hydrogen-bond acceptors (Lipinski definition) is 6. The van der Waals surface area contributed by atoms with E-state index < -0.39 is 23.4 Å². The quantitative estimate of drug-likeness (QED) is 0.220. The molecule has 28 heavy (non-hydrogen) atoms. The zero-order chi connectivity index (χ0) is 20.7. The predicted octanol–water partition coefficient (Wildman–Crippen LogP) is 3.12. The molecule has 0 bridgehead atoms. The van der Waals surface area contributed by atoms with Gasteiger partial charge in [0.05, 0.1) is 22.0 Å². The van der Waals surface area contributed by atoms with Crippen molar-refractivity contribution in [3.8, 4) is 5.75 Å². The van der Waals surface area contributed by atoms with Gasteiger partial charge in [0, 0.05) is 20.8 Å². The van der Waals surface area contributed by atoms with E-state index in [0.717, 1.165) is 3.57 Å². The monoisotopic (exact) mass is 561 g/mol. The molecule has 0 aliphatic rings. The van der Waals surface area contributed by atoms with Crippen molar-refractivity contribution in [2.45, 2.75) is 6.42 Å². The molecule has 0 heterocycles. The number of carboxylic acid groups (broad SMARTS) is 1. The Hall–Kier alpha value is -2.54. The maximum atomic E-state index is 12.0. The molecule has 0 saturated heterocycles. The minimum absolute atomic E-state index is 0.146. The number of hydrazone groups is 1. The smallest absolute Gasteiger partial charge is 0.341 e. The number of hydrogen-bond donors (Lipinski definition) is 2. The fraction of sp³-hybridized carbons (Fsp3) is 0.118. The first kappa shape index (κ1) is 21.8. The van der Waals surface area contributed by atoms with Crippen LogP contribution in [-0.4, -0.2) is 34.7 Å². The van der Waals surface area contributed by atoms with Gasteiger partial charge in [-0.1, -0.05) is 18.2 Å². The summed E-state index contributed by atoms with van der Waals surface area (Å²) in [4.78, 5) is 33.2. The number of aliphatic carboxylic acids is 1. The summed E-state index contributed by atoms with van der Waals surface area (Å²) in [5.41, 5.74) is 2.87. The zero-order valence-corrected chi connectivity index (χ0v) is 17.8. The molecule has 2 aromatic rings. The second kappa shape index (κ2) is 10.1. The lowest BCUT2D eigenvalue weighted by atomic mass is 10.1. The van der Waals surface area contributed by atoms with Crippen LogP contribution in [0.2, 0.25) is 0 Å². The topological polar surface area (TPSA) is 131 Å². The normalized spacial score (nSPS) is 10.6. The number of amides is 1. The largest absolute Gasteiger partial charge is 0.480 e. The van der Waals surface area contributed by atoms with E-state index in [-0.39, 0.29) is 23.4 Å². The Labute approximate surface area is 181 Å². The number of carbonyl (C=O) groups excluding carboxylic acids is 1. The first-order valence-corrected chi connectivity index (χ1v) is 9.53. The highest BCUT2D eigenvalue weighted by atomic mass is 127. The summed E-state index contributed by atoms with van der Waals surface area (Å²) in [7, 11) is 0. The summed E-state index contributed by atoms with van der Waals surface area (Å²) >= 11 is 5.36. The summed E-state index contributed by atoms with van der Waals surface area (Å²) in [5, 5.41) is 23.6. The molecular formula is C17H13BrIN3O6. The van der Waals surface area contributed by atoms with Crippen LogP contribution in [0, 0.1) is 13.7 Å². The molecule has 0 aliphatic heterocycles. The number of benzene rings is 2. The number of rotatable bonds is 8. The molecule has 0 aliphatic carbocycles. The molecule has 0 aromatic heterocycles. The Kier molecular flexibility index (Phi) is 7.87. The molecule has 2 aromatic carbocycles. The van der Waals surface area contributed by atoms with E-state index in [1.807, 2.05) is 0 Å². The van der Waals surface area contributed by atoms with Gasteiger partial charge in [0.2, 0.25) is 5.91 Å². The third-order valence-electron chi connectivity index (χ3n) is 3.31. The van der Waals surface area contributed by atoms with Gasteiger partial charge in [-0.2, -0.15) is 5.10 Å². The van der Waals surface area contributed by atoms with Crippen molar-refractivity contribution in [2.75, 3.05) is 6.61 Å². The summed E-state index contributed by atoms with van der Waals surface area (Å²) in [6, 6.07) is 9.37. The van der Waals surface area contributed by atoms with E-state index in [2.05, 4.69) is 49.0 Å². The van der Waals surface area contributed by atoms with Crippen molar-refractivity contribution in [1.29, 1.82) is 0 Å². The van der Waals surface area contributed by atoms with Crippen molar-refractivity contribution in [3.05, 3.63) is 65.7 Å². The van der Waals surface area contributed by atoms with Crippen molar-refractivity contribution >= 4 is 62.3 Å². The Bertz CT molecular complexity index is 950. The highest BCUT2D eigenvalue weighted by molar-refractivity contribution is 14.1. The van der Waals surface area contributed by atoms with E-state index in [0.29, 0.717) is 10.0 Å². The van der Waals surface area contributed by atoms with Crippen LogP contribution < -0.4 is 10.2 Å². The fourth-order valence-corrected chi connectivity index (χ4v) is 3.85. The van der Waals surface area contributed by atoms with Crippen molar-refractivity contribution < 1.29 is 24.4 Å². The van der Waals surface area contributed by atoms with Crippen LogP contribution in [0.4, 0.5) is 5.69 Å². The van der Waals surface area contributed by atoms with Gasteiger partial charge >= 0.3 is 5.97 Å². The van der Waals surface area contributed by atoms with Crippen molar-refractivity contribution in [3.63, 3.8) is 0 Å². The third-order valence-corrected chi connectivity index (χ3v) is 4.52. The highest BCUT2D eigenvalue weighted by Gasteiger charge is 2.15. The Balaban J connectivity index is 2.11. The Morgan fingerprint density at radius 3 is 2.75 bits per heavy atom. The highest BCUT2D eigenvalue weighted by Crippen LogP contribution is 2.30. The van der Waals surface area contributed by atoms with Crippen LogP contribution >= 0.6 is 38.5 Å². The van der Waals surface area contributed by atoms with Crippen LogP contribution in [-0.2, 0) is 16.0 Å². The lowest BCUT2D eigenvalue weighted by molar-refractivity contribution is -0.385. The van der Waals surface area contributed by atoms with Gasteiger partial charge in [-0.25, -0.2) is 10.2 Å². The molecule has 0 unspecified atom stereocenters. The van der Waals surface area contributed by atoms with Gasteiger partial charge in [-0.05, 0) is 50.7 Å². The van der Waals surface area contributed by atoms with Crippen LogP contribution in [0.3, 0.4) is 0 Å². The molecular weight excluding hydrogens is 549 g/mol. The van der Waals surface area contributed by atoms with E-state index >= 15 is 0 Å². The molecule has 2 rings (SSSR count). The number of para-hydroxylation sites is 1. The number of nitrogens with zero attached hydrogens (tertiary/aromatic N) is 2. The van der Waals surface area contributed by atoms with Crippen LogP contribution in [0.1, 0.15) is 11.1 Å². The first-order valence-electron chi connectivity index (χ1n) is 7.65. The first-order chi connectivity index (χ1) is 13.3. The second-order valence-electron chi connectivity index (χ2n) is 5.34. The molecule has 0 saturated carbocycles. The minimum atomic E-state index is -1.13. The van der Waals surface area contributed by atoms with Gasteiger partial charge in [-0.3, -0.25) is 14.9 Å². The van der Waals surface area contributed by atoms with Gasteiger partial charge in [0.25, 0.3) is 5.69 Å². The molecule has 0 radical (unpaired) electrons. The van der Waals surface area contributed by atoms with E-state index in [4.69, 9.17) is 9.84 Å². The van der Waals surface area contributed by atoms with Gasteiger partial charge in [-0.15, -0.1) is 0 Å². The van der Waals surface area contributed by atoms with E-state index in [1.165, 1.54) is 24.4 Å². The number of ether oxygens (including phenoxy) is 1. The average molecular weight is 562 g/mol. The minimum Gasteiger partial charge on any atom is -0.480 e. The van der Waals surface area contributed by atoms with Crippen molar-refractivity contribution in [1.82, 2.24) is 5.43 Å². The Morgan fingerprint density at radius 1 is 1.36 bits per heavy atom. The number of nitro groups is 1. The number of nitro benzene ring substituents is 1.